The number of epoxide rings is 1. The molecule has 0 N–H and O–H groups in total. The third kappa shape index (κ3) is 3.64. The summed E-state index contributed by atoms with van der Waals surface area (Å²) in [6, 6.07) is 10.4. The van der Waals surface area contributed by atoms with Crippen LogP contribution in [-0.4, -0.2) is 47.4 Å². The number of carbonyl (C=O) groups excluding carboxylic acids is 1. The number of benzene rings is 1. The molecule has 126 valence electrons. The van der Waals surface area contributed by atoms with Crippen molar-refractivity contribution in [1.82, 2.24) is 0 Å². The van der Waals surface area contributed by atoms with E-state index in [0.717, 1.165) is 6.42 Å². The molecule has 1 aromatic rings. The molecular formula is C18H26O3SeSi. The zero-order valence-corrected chi connectivity index (χ0v) is 17.2. The van der Waals surface area contributed by atoms with Gasteiger partial charge in [-0.1, -0.05) is 0 Å². The number of hydrogen-bond donors (Lipinski definition) is 0. The van der Waals surface area contributed by atoms with E-state index in [4.69, 9.17) is 9.16 Å². The van der Waals surface area contributed by atoms with Gasteiger partial charge in [0.05, 0.1) is 0 Å². The number of Topliss-reactive ketones (excluding diaryl/α,β-unsaturated/α-hetero) is 1. The first-order chi connectivity index (χ1) is 10.7. The normalized spacial score (nSPS) is 30.9. The van der Waals surface area contributed by atoms with Gasteiger partial charge < -0.3 is 0 Å². The Morgan fingerprint density at radius 1 is 1.22 bits per heavy atom. The van der Waals surface area contributed by atoms with E-state index < -0.39 is 8.32 Å². The van der Waals surface area contributed by atoms with E-state index in [1.165, 1.54) is 4.46 Å². The summed E-state index contributed by atoms with van der Waals surface area (Å²) in [4.78, 5) is 12.6. The molecule has 0 bridgehead atoms. The van der Waals surface area contributed by atoms with Crippen LogP contribution in [0.3, 0.4) is 0 Å². The predicted molar refractivity (Wildman–Crippen MR) is 95.9 cm³/mol. The Labute approximate surface area is 146 Å². The first-order valence-electron chi connectivity index (χ1n) is 8.28. The molecule has 0 spiro atoms. The molecule has 0 aromatic heterocycles. The van der Waals surface area contributed by atoms with Crippen LogP contribution in [-0.2, 0) is 14.0 Å². The standard InChI is InChI=1S/C18H26O3SeSi/c1-18(2,3)23(4,5)21-13-11-14(15(19)17-16(13)20-17)22-12-9-7-6-8-10-12/h6-10,13-14,16-17H,11H2,1-5H3/t13-,14?,16+,17-/m0/s1. The van der Waals surface area contributed by atoms with Crippen molar-refractivity contribution in [2.24, 2.45) is 0 Å². The Hall–Kier alpha value is -0.454. The fourth-order valence-electron chi connectivity index (χ4n) is 2.72. The van der Waals surface area contributed by atoms with Gasteiger partial charge in [-0.05, 0) is 0 Å². The summed E-state index contributed by atoms with van der Waals surface area (Å²) in [5.41, 5.74) is 0. The summed E-state index contributed by atoms with van der Waals surface area (Å²) in [5.74, 6) is 0.300. The molecular weight excluding hydrogens is 371 g/mol. The molecule has 1 aromatic carbocycles. The molecule has 1 heterocycles. The second kappa shape index (κ2) is 6.12. The van der Waals surface area contributed by atoms with Crippen molar-refractivity contribution in [2.75, 3.05) is 0 Å². The van der Waals surface area contributed by atoms with E-state index in [9.17, 15) is 4.79 Å². The summed E-state index contributed by atoms with van der Waals surface area (Å²) in [7, 11) is -1.84. The molecule has 1 saturated heterocycles. The fraction of sp³-hybridized carbons (Fsp3) is 0.611. The summed E-state index contributed by atoms with van der Waals surface area (Å²) in [6.45, 7) is 11.3. The Balaban J connectivity index is 1.71. The van der Waals surface area contributed by atoms with Crippen LogP contribution in [0.25, 0.3) is 0 Å². The Morgan fingerprint density at radius 2 is 1.87 bits per heavy atom. The summed E-state index contributed by atoms with van der Waals surface area (Å²) >= 11 is 0.157. The number of carbonyl (C=O) groups is 1. The molecule has 0 radical (unpaired) electrons. The third-order valence-corrected chi connectivity index (χ3v) is 12.3. The quantitative estimate of drug-likeness (QED) is 0.579. The average molecular weight is 397 g/mol. The number of rotatable bonds is 4. The van der Waals surface area contributed by atoms with Gasteiger partial charge in [0.25, 0.3) is 0 Å². The maximum absolute atomic E-state index is 12.5. The van der Waals surface area contributed by atoms with Crippen LogP contribution < -0.4 is 4.46 Å². The van der Waals surface area contributed by atoms with E-state index in [1.54, 1.807) is 0 Å². The first kappa shape index (κ1) is 17.4. The van der Waals surface area contributed by atoms with Gasteiger partial charge in [0.15, 0.2) is 0 Å². The first-order valence-corrected chi connectivity index (χ1v) is 13.0. The van der Waals surface area contributed by atoms with Gasteiger partial charge in [-0.25, -0.2) is 0 Å². The molecule has 1 aliphatic carbocycles. The molecule has 1 unspecified atom stereocenters. The van der Waals surface area contributed by atoms with Crippen molar-refractivity contribution in [2.45, 2.75) is 68.5 Å². The molecule has 4 atom stereocenters. The van der Waals surface area contributed by atoms with Crippen molar-refractivity contribution in [3.63, 3.8) is 0 Å². The molecule has 0 amide bonds. The molecule has 5 heteroatoms. The SMILES string of the molecule is CC(C)(C)[Si](C)(C)O[C@H]1CC([Se]c2ccccc2)C(=O)[C@@H]2O[C@H]12. The van der Waals surface area contributed by atoms with Gasteiger partial charge in [0.1, 0.15) is 0 Å². The van der Waals surface area contributed by atoms with E-state index in [-0.39, 0.29) is 43.1 Å². The molecule has 3 nitrogen and oxygen atoms in total. The van der Waals surface area contributed by atoms with Crippen LogP contribution in [0.2, 0.25) is 22.9 Å². The maximum atomic E-state index is 12.5. The second-order valence-corrected chi connectivity index (χ2v) is 15.4. The number of fused-ring (bicyclic) bond motifs is 1. The molecule has 1 aliphatic heterocycles. The van der Waals surface area contributed by atoms with E-state index in [1.807, 2.05) is 18.2 Å². The van der Waals surface area contributed by atoms with Crippen molar-refractivity contribution < 1.29 is 14.0 Å². The minimum atomic E-state index is -1.84. The molecule has 23 heavy (non-hydrogen) atoms. The number of ketones is 1. The van der Waals surface area contributed by atoms with Gasteiger partial charge in [-0.2, -0.15) is 0 Å². The molecule has 2 aliphatic rings. The minimum absolute atomic E-state index is 0.0134. The summed E-state index contributed by atoms with van der Waals surface area (Å²) in [5, 5.41) is 0.179. The van der Waals surface area contributed by atoms with Crippen molar-refractivity contribution in [3.05, 3.63) is 30.3 Å². The van der Waals surface area contributed by atoms with Crippen molar-refractivity contribution in [1.29, 1.82) is 0 Å². The Bertz CT molecular complexity index is 582. The third-order valence-electron chi connectivity index (χ3n) is 5.21. The molecule has 2 fully saturated rings. The van der Waals surface area contributed by atoms with Crippen LogP contribution in [0, 0.1) is 0 Å². The number of hydrogen-bond acceptors (Lipinski definition) is 3. The summed E-state index contributed by atoms with van der Waals surface area (Å²) in [6.07, 6.45) is 0.726. The molecule has 1 saturated carbocycles. The van der Waals surface area contributed by atoms with E-state index >= 15 is 0 Å². The Morgan fingerprint density at radius 3 is 2.48 bits per heavy atom. The van der Waals surface area contributed by atoms with Gasteiger partial charge in [-0.3, -0.25) is 0 Å². The van der Waals surface area contributed by atoms with Gasteiger partial charge >= 0.3 is 146 Å². The topological polar surface area (TPSA) is 38.8 Å². The second-order valence-electron chi connectivity index (χ2n) is 8.00. The van der Waals surface area contributed by atoms with Crippen LogP contribution in [0.5, 0.6) is 0 Å². The van der Waals surface area contributed by atoms with Gasteiger partial charge in [-0.15, -0.1) is 0 Å². The van der Waals surface area contributed by atoms with Crippen molar-refractivity contribution in [3.8, 4) is 0 Å². The van der Waals surface area contributed by atoms with Crippen LogP contribution in [0.1, 0.15) is 27.2 Å². The van der Waals surface area contributed by atoms with Gasteiger partial charge in [0.2, 0.25) is 0 Å². The van der Waals surface area contributed by atoms with Crippen LogP contribution in [0.15, 0.2) is 30.3 Å². The predicted octanol–water partition coefficient (Wildman–Crippen LogP) is 2.94. The van der Waals surface area contributed by atoms with Crippen LogP contribution >= 0.6 is 0 Å². The van der Waals surface area contributed by atoms with E-state index in [2.05, 4.69) is 46.0 Å². The van der Waals surface area contributed by atoms with Crippen molar-refractivity contribution >= 4 is 33.5 Å². The monoisotopic (exact) mass is 398 g/mol. The van der Waals surface area contributed by atoms with Crippen LogP contribution in [0.4, 0.5) is 0 Å². The van der Waals surface area contributed by atoms with Gasteiger partial charge in [0, 0.05) is 0 Å². The zero-order chi connectivity index (χ0) is 16.8. The number of ether oxygens (including phenoxy) is 1. The average Bonchev–Trinajstić information content (AvgIpc) is 3.24. The van der Waals surface area contributed by atoms with E-state index in [0.29, 0.717) is 5.78 Å². The molecule has 3 rings (SSSR count). The Kier molecular flexibility index (Phi) is 4.62. The fourth-order valence-corrected chi connectivity index (χ4v) is 6.53. The summed E-state index contributed by atoms with van der Waals surface area (Å²) < 4.78 is 13.6. The zero-order valence-electron chi connectivity index (χ0n) is 14.5.